The summed E-state index contributed by atoms with van der Waals surface area (Å²) in [6.07, 6.45) is 3.03. The zero-order chi connectivity index (χ0) is 19.7. The van der Waals surface area contributed by atoms with Gasteiger partial charge in [0.15, 0.2) is 11.6 Å². The Labute approximate surface area is 162 Å². The van der Waals surface area contributed by atoms with Crippen LogP contribution in [0.15, 0.2) is 42.7 Å². The molecule has 0 saturated heterocycles. The number of rotatable bonds is 4. The van der Waals surface area contributed by atoms with Crippen LogP contribution in [0.5, 0.6) is 11.5 Å². The minimum Gasteiger partial charge on any atom is -0.453 e. The van der Waals surface area contributed by atoms with Crippen molar-refractivity contribution in [2.75, 3.05) is 11.1 Å². The molecule has 10 heteroatoms. The molecule has 0 radical (unpaired) electrons. The Morgan fingerprint density at radius 1 is 1.21 bits per heavy atom. The number of anilines is 3. The third-order valence-electron chi connectivity index (χ3n) is 3.79. The predicted octanol–water partition coefficient (Wildman–Crippen LogP) is 4.14. The Balaban J connectivity index is 1.62. The van der Waals surface area contributed by atoms with Gasteiger partial charge in [-0.05, 0) is 18.2 Å². The van der Waals surface area contributed by atoms with Crippen LogP contribution in [0.4, 0.5) is 21.8 Å². The number of fused-ring (bicyclic) bond motifs is 1. The van der Waals surface area contributed by atoms with E-state index in [1.54, 1.807) is 12.1 Å². The highest BCUT2D eigenvalue weighted by atomic mass is 35.5. The van der Waals surface area contributed by atoms with Crippen molar-refractivity contribution in [3.8, 4) is 17.6 Å². The number of nitrogen functional groups attached to an aromatic ring is 1. The molecule has 0 aliphatic carbocycles. The molecular formula is C18H11ClFN7O. The van der Waals surface area contributed by atoms with Crippen LogP contribution in [0.1, 0.15) is 5.56 Å². The summed E-state index contributed by atoms with van der Waals surface area (Å²) in [5.74, 6) is 0.0163. The van der Waals surface area contributed by atoms with Crippen molar-refractivity contribution in [2.24, 2.45) is 0 Å². The van der Waals surface area contributed by atoms with Gasteiger partial charge >= 0.3 is 0 Å². The number of H-pyrrole nitrogens is 1. The average Bonchev–Trinajstić information content (AvgIpc) is 3.07. The van der Waals surface area contributed by atoms with Gasteiger partial charge in [-0.15, -0.1) is 0 Å². The molecule has 0 aliphatic heterocycles. The molecule has 1 aromatic carbocycles. The average molecular weight is 396 g/mol. The molecular weight excluding hydrogens is 385 g/mol. The molecule has 0 amide bonds. The van der Waals surface area contributed by atoms with Gasteiger partial charge in [-0.25, -0.2) is 14.4 Å². The Morgan fingerprint density at radius 2 is 2.07 bits per heavy atom. The van der Waals surface area contributed by atoms with Gasteiger partial charge in [-0.1, -0.05) is 11.6 Å². The second-order valence-corrected chi connectivity index (χ2v) is 6.04. The molecule has 3 heterocycles. The molecule has 138 valence electrons. The maximum Gasteiger partial charge on any atom is 0.223 e. The first-order valence-corrected chi connectivity index (χ1v) is 8.32. The highest BCUT2D eigenvalue weighted by molar-refractivity contribution is 6.29. The van der Waals surface area contributed by atoms with Gasteiger partial charge < -0.3 is 20.8 Å². The van der Waals surface area contributed by atoms with E-state index in [1.165, 1.54) is 30.6 Å². The molecule has 0 saturated carbocycles. The van der Waals surface area contributed by atoms with E-state index in [-0.39, 0.29) is 16.9 Å². The smallest absolute Gasteiger partial charge is 0.223 e. The maximum atomic E-state index is 14.6. The van der Waals surface area contributed by atoms with Crippen molar-refractivity contribution in [3.05, 3.63) is 59.3 Å². The number of aromatic amines is 1. The molecule has 0 unspecified atom stereocenters. The zero-order valence-corrected chi connectivity index (χ0v) is 14.8. The molecule has 4 N–H and O–H groups in total. The van der Waals surface area contributed by atoms with Crippen LogP contribution in [0.3, 0.4) is 0 Å². The van der Waals surface area contributed by atoms with E-state index in [4.69, 9.17) is 22.1 Å². The minimum atomic E-state index is -0.614. The monoisotopic (exact) mass is 395 g/mol. The summed E-state index contributed by atoms with van der Waals surface area (Å²) in [7, 11) is 0. The molecule has 8 nitrogen and oxygen atoms in total. The van der Waals surface area contributed by atoms with Crippen molar-refractivity contribution in [1.82, 2.24) is 19.9 Å². The van der Waals surface area contributed by atoms with E-state index < -0.39 is 5.82 Å². The summed E-state index contributed by atoms with van der Waals surface area (Å²) in [6, 6.07) is 9.37. The second-order valence-electron chi connectivity index (χ2n) is 5.65. The number of benzene rings is 1. The van der Waals surface area contributed by atoms with Gasteiger partial charge in [-0.2, -0.15) is 10.2 Å². The minimum absolute atomic E-state index is 0.00284. The Hall–Kier alpha value is -3.90. The number of nitriles is 1. The lowest BCUT2D eigenvalue weighted by molar-refractivity contribution is 0.446. The van der Waals surface area contributed by atoms with Crippen LogP contribution in [0, 0.1) is 17.1 Å². The summed E-state index contributed by atoms with van der Waals surface area (Å²) in [5, 5.41) is 12.8. The number of hydrogen-bond donors (Lipinski definition) is 3. The largest absolute Gasteiger partial charge is 0.453 e. The highest BCUT2D eigenvalue weighted by Crippen LogP contribution is 2.33. The first-order valence-electron chi connectivity index (χ1n) is 7.94. The van der Waals surface area contributed by atoms with Gasteiger partial charge in [0.25, 0.3) is 0 Å². The Bertz CT molecular complexity index is 1210. The summed E-state index contributed by atoms with van der Waals surface area (Å²) < 4.78 is 20.3. The second kappa shape index (κ2) is 7.02. The quantitative estimate of drug-likeness (QED) is 0.443. The van der Waals surface area contributed by atoms with Crippen molar-refractivity contribution >= 4 is 40.1 Å². The number of nitrogens with one attached hydrogen (secondary N) is 2. The first-order chi connectivity index (χ1) is 13.5. The van der Waals surface area contributed by atoms with Crippen LogP contribution in [0.25, 0.3) is 11.0 Å². The lowest BCUT2D eigenvalue weighted by Gasteiger charge is -2.11. The van der Waals surface area contributed by atoms with E-state index in [9.17, 15) is 9.65 Å². The summed E-state index contributed by atoms with van der Waals surface area (Å²) in [4.78, 5) is 14.7. The summed E-state index contributed by atoms with van der Waals surface area (Å²) in [6.45, 7) is 0. The lowest BCUT2D eigenvalue weighted by Crippen LogP contribution is -2.00. The van der Waals surface area contributed by atoms with Crippen LogP contribution in [0.2, 0.25) is 5.15 Å². The number of nitrogens with zero attached hydrogens (tertiary/aromatic N) is 4. The number of ether oxygens (including phenoxy) is 1. The topological polar surface area (TPSA) is 126 Å². The highest BCUT2D eigenvalue weighted by Gasteiger charge is 2.14. The fourth-order valence-corrected chi connectivity index (χ4v) is 2.82. The molecule has 0 atom stereocenters. The zero-order valence-electron chi connectivity index (χ0n) is 14.1. The molecule has 0 aliphatic rings. The molecule has 4 rings (SSSR count). The summed E-state index contributed by atoms with van der Waals surface area (Å²) >= 11 is 5.83. The number of halogens is 2. The Kier molecular flexibility index (Phi) is 4.39. The van der Waals surface area contributed by atoms with Crippen molar-refractivity contribution in [1.29, 1.82) is 5.26 Å². The Morgan fingerprint density at radius 3 is 2.82 bits per heavy atom. The van der Waals surface area contributed by atoms with Crippen LogP contribution >= 0.6 is 11.6 Å². The first kappa shape index (κ1) is 17.5. The molecule has 3 aromatic heterocycles. The van der Waals surface area contributed by atoms with E-state index in [1.807, 2.05) is 6.07 Å². The fraction of sp³-hybridized carbons (Fsp3) is 0. The van der Waals surface area contributed by atoms with E-state index >= 15 is 0 Å². The maximum absolute atomic E-state index is 14.6. The molecule has 0 spiro atoms. The number of nitrogens with two attached hydrogens (primary N) is 1. The van der Waals surface area contributed by atoms with Gasteiger partial charge in [0.1, 0.15) is 28.4 Å². The van der Waals surface area contributed by atoms with Gasteiger partial charge in [-0.3, -0.25) is 0 Å². The molecule has 0 fully saturated rings. The van der Waals surface area contributed by atoms with Gasteiger partial charge in [0.05, 0.1) is 10.9 Å². The summed E-state index contributed by atoms with van der Waals surface area (Å²) in [5.41, 5.74) is 6.79. The number of pyridine rings is 1. The van der Waals surface area contributed by atoms with E-state index in [0.717, 1.165) is 0 Å². The van der Waals surface area contributed by atoms with E-state index in [2.05, 4.69) is 25.3 Å². The van der Waals surface area contributed by atoms with Crippen LogP contribution in [-0.4, -0.2) is 19.9 Å². The molecule has 4 aromatic rings. The van der Waals surface area contributed by atoms with E-state index in [0.29, 0.717) is 33.9 Å². The lowest BCUT2D eigenvalue weighted by atomic mass is 10.2. The number of hydrogen-bond acceptors (Lipinski definition) is 7. The molecule has 28 heavy (non-hydrogen) atoms. The standard InChI is InChI=1S/C18H11ClFN7O/c19-14-6-15(27-18(22)26-14)25-10-1-2-12(11(20)5-10)28-13-3-4-23-17-16(13)9(7-21)8-24-17/h1-6,8H,(H,23,24)(H3,22,25,26,27). The third-order valence-corrected chi connectivity index (χ3v) is 3.99. The number of aromatic nitrogens is 4. The van der Waals surface area contributed by atoms with Crippen LogP contribution in [-0.2, 0) is 0 Å². The van der Waals surface area contributed by atoms with Crippen molar-refractivity contribution in [2.45, 2.75) is 0 Å². The normalized spacial score (nSPS) is 10.6. The fourth-order valence-electron chi connectivity index (χ4n) is 2.63. The van der Waals surface area contributed by atoms with Crippen molar-refractivity contribution < 1.29 is 9.13 Å². The van der Waals surface area contributed by atoms with Gasteiger partial charge in [0.2, 0.25) is 5.95 Å². The van der Waals surface area contributed by atoms with Gasteiger partial charge in [0, 0.05) is 30.2 Å². The van der Waals surface area contributed by atoms with Crippen molar-refractivity contribution in [3.63, 3.8) is 0 Å². The predicted molar refractivity (Wildman–Crippen MR) is 102 cm³/mol. The SMILES string of the molecule is N#Cc1c[nH]c2nccc(Oc3ccc(Nc4cc(Cl)nc(N)n4)cc3F)c12. The third kappa shape index (κ3) is 3.36. The molecule has 0 bridgehead atoms. The van der Waals surface area contributed by atoms with Crippen LogP contribution < -0.4 is 15.8 Å².